The summed E-state index contributed by atoms with van der Waals surface area (Å²) in [6.45, 7) is 4.77. The second-order valence-electron chi connectivity index (χ2n) is 9.74. The van der Waals surface area contributed by atoms with Crippen molar-refractivity contribution in [1.82, 2.24) is 4.90 Å². The van der Waals surface area contributed by atoms with Crippen LogP contribution in [-0.2, 0) is 19.1 Å². The van der Waals surface area contributed by atoms with E-state index in [-0.39, 0.29) is 23.7 Å². The molecule has 0 aliphatic carbocycles. The number of amides is 2. The number of benzene rings is 2. The van der Waals surface area contributed by atoms with E-state index in [9.17, 15) is 18.8 Å². The average molecular weight is 491 g/mol. The fourth-order valence-electron chi connectivity index (χ4n) is 5.10. The van der Waals surface area contributed by atoms with Crippen molar-refractivity contribution >= 4 is 34.6 Å². The molecule has 8 heteroatoms. The third-order valence-corrected chi connectivity index (χ3v) is 6.95. The Kier molecular flexibility index (Phi) is 5.90. The van der Waals surface area contributed by atoms with Crippen LogP contribution in [0.2, 0.25) is 0 Å². The Bertz CT molecular complexity index is 1330. The molecule has 0 radical (unpaired) electrons. The third kappa shape index (κ3) is 4.17. The number of rotatable bonds is 3. The van der Waals surface area contributed by atoms with Gasteiger partial charge in [0.05, 0.1) is 24.3 Å². The lowest BCUT2D eigenvalue weighted by atomic mass is 9.91. The van der Waals surface area contributed by atoms with Gasteiger partial charge < -0.3 is 19.7 Å². The summed E-state index contributed by atoms with van der Waals surface area (Å²) in [6.07, 6.45) is 3.30. The largest absolute Gasteiger partial charge is 0.482 e. The molecule has 1 N–H and O–H groups in total. The molecule has 1 saturated heterocycles. The number of anilines is 1. The number of ether oxygens (including phenoxy) is 2. The molecule has 3 heterocycles. The van der Waals surface area contributed by atoms with E-state index in [1.807, 2.05) is 32.1 Å². The minimum atomic E-state index is -0.725. The van der Waals surface area contributed by atoms with Crippen molar-refractivity contribution in [2.45, 2.75) is 32.3 Å². The van der Waals surface area contributed by atoms with E-state index < -0.39 is 11.4 Å². The topological polar surface area (TPSA) is 84.9 Å². The van der Waals surface area contributed by atoms with Gasteiger partial charge >= 0.3 is 5.97 Å². The molecule has 0 bridgehead atoms. The highest BCUT2D eigenvalue weighted by Crippen LogP contribution is 2.44. The lowest BCUT2D eigenvalue weighted by Crippen LogP contribution is -2.42. The number of hydrogen-bond acceptors (Lipinski definition) is 5. The van der Waals surface area contributed by atoms with E-state index in [1.165, 1.54) is 19.2 Å². The van der Waals surface area contributed by atoms with E-state index in [4.69, 9.17) is 9.47 Å². The summed E-state index contributed by atoms with van der Waals surface area (Å²) in [7, 11) is 1.36. The quantitative estimate of drug-likeness (QED) is 0.509. The van der Waals surface area contributed by atoms with Gasteiger partial charge in [0, 0.05) is 29.8 Å². The molecule has 186 valence electrons. The van der Waals surface area contributed by atoms with Crippen LogP contribution in [0.1, 0.15) is 48.2 Å². The summed E-state index contributed by atoms with van der Waals surface area (Å²) in [5.74, 6) is -1.06. The first kappa shape index (κ1) is 23.8. The Morgan fingerprint density at radius 1 is 1.17 bits per heavy atom. The molecule has 2 aromatic rings. The predicted octanol–water partition coefficient (Wildman–Crippen LogP) is 4.41. The molecular weight excluding hydrogens is 463 g/mol. The summed E-state index contributed by atoms with van der Waals surface area (Å²) < 4.78 is 24.7. The number of halogens is 1. The highest BCUT2D eigenvalue weighted by Gasteiger charge is 2.38. The minimum Gasteiger partial charge on any atom is -0.482 e. The van der Waals surface area contributed by atoms with Gasteiger partial charge in [0.15, 0.2) is 0 Å². The molecule has 3 aliphatic rings. The maximum Gasteiger partial charge on any atom is 0.310 e. The van der Waals surface area contributed by atoms with Crippen LogP contribution in [0.25, 0.3) is 11.1 Å². The van der Waals surface area contributed by atoms with Gasteiger partial charge in [-0.15, -0.1) is 0 Å². The highest BCUT2D eigenvalue weighted by molar-refractivity contribution is 6.32. The number of carbonyl (C=O) groups is 3. The van der Waals surface area contributed by atoms with Gasteiger partial charge in [-0.3, -0.25) is 14.4 Å². The van der Waals surface area contributed by atoms with Crippen molar-refractivity contribution in [1.29, 1.82) is 0 Å². The number of esters is 1. The maximum absolute atomic E-state index is 13.6. The number of nitrogens with zero attached hydrogens (tertiary/aromatic N) is 1. The van der Waals surface area contributed by atoms with Crippen molar-refractivity contribution in [3.8, 4) is 0 Å². The maximum atomic E-state index is 13.6. The number of fused-ring (bicyclic) bond motifs is 1. The van der Waals surface area contributed by atoms with E-state index in [2.05, 4.69) is 5.32 Å². The highest BCUT2D eigenvalue weighted by atomic mass is 19.1. The summed E-state index contributed by atoms with van der Waals surface area (Å²) >= 11 is 0. The molecule has 2 amide bonds. The number of piperidine rings is 1. The van der Waals surface area contributed by atoms with E-state index in [1.54, 1.807) is 23.1 Å². The minimum absolute atomic E-state index is 0.125. The van der Waals surface area contributed by atoms with Gasteiger partial charge in [-0.25, -0.2) is 4.39 Å². The Balaban J connectivity index is 1.41. The van der Waals surface area contributed by atoms with Crippen LogP contribution in [0.5, 0.6) is 0 Å². The van der Waals surface area contributed by atoms with Crippen LogP contribution in [0.15, 0.2) is 54.3 Å². The molecule has 0 aromatic heterocycles. The van der Waals surface area contributed by atoms with Crippen molar-refractivity contribution in [2.75, 3.05) is 25.5 Å². The lowest BCUT2D eigenvalue weighted by Gasteiger charge is -2.31. The third-order valence-electron chi connectivity index (χ3n) is 6.95. The molecule has 3 aliphatic heterocycles. The monoisotopic (exact) mass is 490 g/mol. The zero-order chi connectivity index (χ0) is 25.6. The van der Waals surface area contributed by atoms with Gasteiger partial charge in [-0.1, -0.05) is 12.1 Å². The molecule has 5 rings (SSSR count). The predicted molar refractivity (Wildman–Crippen MR) is 132 cm³/mol. The van der Waals surface area contributed by atoms with Crippen LogP contribution >= 0.6 is 0 Å². The molecule has 36 heavy (non-hydrogen) atoms. The Hall–Kier alpha value is -3.94. The molecular formula is C28H27FN2O5. The number of allylic oxidation sites excluding steroid dienone is 1. The zero-order valence-electron chi connectivity index (χ0n) is 20.4. The van der Waals surface area contributed by atoms with E-state index >= 15 is 0 Å². The summed E-state index contributed by atoms with van der Waals surface area (Å²) in [5.41, 5.74) is 2.90. The van der Waals surface area contributed by atoms with Gasteiger partial charge in [-0.2, -0.15) is 0 Å². The van der Waals surface area contributed by atoms with Crippen LogP contribution in [0, 0.1) is 11.7 Å². The summed E-state index contributed by atoms with van der Waals surface area (Å²) in [6, 6.07) is 11.4. The first-order valence-corrected chi connectivity index (χ1v) is 11.9. The van der Waals surface area contributed by atoms with E-state index in [0.29, 0.717) is 47.7 Å². The molecule has 0 saturated carbocycles. The van der Waals surface area contributed by atoms with Crippen LogP contribution in [0.3, 0.4) is 0 Å². The number of likely N-dealkylation sites (tertiary alicyclic amines) is 1. The van der Waals surface area contributed by atoms with Crippen LogP contribution in [-0.4, -0.2) is 48.5 Å². The summed E-state index contributed by atoms with van der Waals surface area (Å²) in [4.78, 5) is 39.4. The Labute approximate surface area is 208 Å². The van der Waals surface area contributed by atoms with Crippen molar-refractivity contribution in [3.63, 3.8) is 0 Å². The normalized spacial score (nSPS) is 22.4. The molecule has 1 atom stereocenters. The SMILES string of the molecule is COC(=O)C1CCCN(C(=O)c2ccc(C3=C/C(=C4\C(=O)Nc5cc(F)ccc54)OC3(C)C)cc2)C1. The van der Waals surface area contributed by atoms with Crippen molar-refractivity contribution in [3.05, 3.63) is 76.8 Å². The molecule has 7 nitrogen and oxygen atoms in total. The fourth-order valence-corrected chi connectivity index (χ4v) is 5.10. The number of carbonyl (C=O) groups excluding carboxylic acids is 3. The number of hydrogen-bond donors (Lipinski definition) is 1. The first-order chi connectivity index (χ1) is 17.2. The first-order valence-electron chi connectivity index (χ1n) is 11.9. The number of nitrogens with one attached hydrogen (secondary N) is 1. The van der Waals surface area contributed by atoms with Gasteiger partial charge in [0.1, 0.15) is 17.2 Å². The van der Waals surface area contributed by atoms with Crippen molar-refractivity contribution < 1.29 is 28.2 Å². The smallest absolute Gasteiger partial charge is 0.310 e. The molecule has 1 unspecified atom stereocenters. The van der Waals surface area contributed by atoms with Crippen molar-refractivity contribution in [2.24, 2.45) is 5.92 Å². The Morgan fingerprint density at radius 2 is 1.92 bits per heavy atom. The van der Waals surface area contributed by atoms with Gasteiger partial charge in [0.25, 0.3) is 11.8 Å². The standard InChI is InChI=1S/C28H27FN2O5/c1-28(2)21(14-23(36-28)24-20-11-10-19(29)13-22(20)30-25(24)32)16-6-8-17(9-7-16)26(33)31-12-4-5-18(15-31)27(34)35-3/h6-11,13-14,18H,4-5,12,15H2,1-3H3,(H,30,32)/b24-23+. The van der Waals surface area contributed by atoms with Gasteiger partial charge in [-0.05, 0) is 68.7 Å². The van der Waals surface area contributed by atoms with Crippen LogP contribution < -0.4 is 5.32 Å². The zero-order valence-corrected chi connectivity index (χ0v) is 20.4. The molecule has 1 fully saturated rings. The lowest BCUT2D eigenvalue weighted by molar-refractivity contribution is -0.146. The van der Waals surface area contributed by atoms with Gasteiger partial charge in [0.2, 0.25) is 0 Å². The average Bonchev–Trinajstić information content (AvgIpc) is 3.36. The summed E-state index contributed by atoms with van der Waals surface area (Å²) in [5, 5.41) is 2.69. The van der Waals surface area contributed by atoms with E-state index in [0.717, 1.165) is 17.6 Å². The fraction of sp³-hybridized carbons (Fsp3) is 0.321. The number of methoxy groups -OCH3 is 1. The Morgan fingerprint density at radius 3 is 2.64 bits per heavy atom. The molecule has 2 aromatic carbocycles. The second kappa shape index (κ2) is 8.93. The van der Waals surface area contributed by atoms with Crippen LogP contribution in [0.4, 0.5) is 10.1 Å². The second-order valence-corrected chi connectivity index (χ2v) is 9.74. The molecule has 0 spiro atoms.